The average Bonchev–Trinajstić information content (AvgIpc) is 3.18. The Balaban J connectivity index is 1.54. The zero-order chi connectivity index (χ0) is 18.3. The fraction of sp³-hybridized carbons (Fsp3) is 0.118. The summed E-state index contributed by atoms with van der Waals surface area (Å²) in [7, 11) is 0. The molecule has 0 aliphatic rings. The van der Waals surface area contributed by atoms with Gasteiger partial charge in [0.2, 0.25) is 5.91 Å². The average molecular weight is 451 g/mol. The van der Waals surface area contributed by atoms with E-state index in [-0.39, 0.29) is 17.3 Å². The molecule has 0 saturated heterocycles. The van der Waals surface area contributed by atoms with Crippen molar-refractivity contribution in [1.29, 1.82) is 0 Å². The van der Waals surface area contributed by atoms with E-state index in [1.807, 2.05) is 22.8 Å². The molecule has 4 aromatic rings. The van der Waals surface area contributed by atoms with E-state index in [9.17, 15) is 9.18 Å². The van der Waals surface area contributed by atoms with Crippen molar-refractivity contribution in [2.45, 2.75) is 11.9 Å². The summed E-state index contributed by atoms with van der Waals surface area (Å²) in [6.07, 6.45) is 0. The molecule has 0 unspecified atom stereocenters. The second-order valence-corrected chi connectivity index (χ2v) is 8.38. The number of amides is 1. The number of aromatic nitrogens is 3. The number of halogens is 2. The maximum absolute atomic E-state index is 13.8. The first-order valence-corrected chi connectivity index (χ1v) is 10.3. The highest BCUT2D eigenvalue weighted by Gasteiger charge is 2.14. The summed E-state index contributed by atoms with van der Waals surface area (Å²) >= 11 is 6.12. The second kappa shape index (κ2) is 6.98. The van der Waals surface area contributed by atoms with Gasteiger partial charge >= 0.3 is 0 Å². The summed E-state index contributed by atoms with van der Waals surface area (Å²) < 4.78 is 17.6. The first-order chi connectivity index (χ1) is 12.5. The fourth-order valence-corrected chi connectivity index (χ4v) is 4.53. The lowest BCUT2D eigenvalue weighted by Crippen LogP contribution is -2.15. The van der Waals surface area contributed by atoms with Crippen LogP contribution in [0.4, 0.5) is 10.1 Å². The molecule has 1 N–H and O–H groups in total. The van der Waals surface area contributed by atoms with Gasteiger partial charge in [0.15, 0.2) is 0 Å². The smallest absolute Gasteiger partial charge is 0.234 e. The van der Waals surface area contributed by atoms with Crippen molar-refractivity contribution in [3.05, 3.63) is 51.8 Å². The molecular formula is C17H12BrFN4OS2. The Bertz CT molecular complexity index is 1140. The SMILES string of the molecule is Cc1nnc(SCC(=O)Nc2ccc(Br)cc2F)c2cc3sccc3n12. The number of aryl methyl sites for hydroxylation is 1. The highest BCUT2D eigenvalue weighted by Crippen LogP contribution is 2.31. The summed E-state index contributed by atoms with van der Waals surface area (Å²) in [4.78, 5) is 12.2. The lowest BCUT2D eigenvalue weighted by atomic mass is 10.3. The molecule has 4 rings (SSSR count). The third kappa shape index (κ3) is 3.22. The minimum Gasteiger partial charge on any atom is -0.323 e. The molecule has 3 heterocycles. The van der Waals surface area contributed by atoms with Gasteiger partial charge in [-0.1, -0.05) is 27.7 Å². The number of thioether (sulfide) groups is 1. The van der Waals surface area contributed by atoms with E-state index in [0.29, 0.717) is 9.50 Å². The summed E-state index contributed by atoms with van der Waals surface area (Å²) in [5.41, 5.74) is 2.16. The van der Waals surface area contributed by atoms with Gasteiger partial charge < -0.3 is 5.32 Å². The first-order valence-electron chi connectivity index (χ1n) is 7.62. The number of carbonyl (C=O) groups excluding carboxylic acids is 1. The Kier molecular flexibility index (Phi) is 4.68. The normalized spacial score (nSPS) is 11.3. The van der Waals surface area contributed by atoms with Crippen LogP contribution in [0.1, 0.15) is 5.82 Å². The molecule has 0 bridgehead atoms. The van der Waals surface area contributed by atoms with Crippen molar-refractivity contribution in [3.63, 3.8) is 0 Å². The monoisotopic (exact) mass is 450 g/mol. The van der Waals surface area contributed by atoms with E-state index in [1.54, 1.807) is 17.4 Å². The molecule has 26 heavy (non-hydrogen) atoms. The molecule has 1 aromatic carbocycles. The Morgan fingerprint density at radius 3 is 2.96 bits per heavy atom. The molecule has 0 atom stereocenters. The van der Waals surface area contributed by atoms with E-state index in [0.717, 1.165) is 21.6 Å². The molecule has 0 radical (unpaired) electrons. The number of hydrogen-bond acceptors (Lipinski definition) is 5. The molecular weight excluding hydrogens is 439 g/mol. The predicted molar refractivity (Wildman–Crippen MR) is 107 cm³/mol. The first kappa shape index (κ1) is 17.4. The van der Waals surface area contributed by atoms with Gasteiger partial charge in [0.25, 0.3) is 0 Å². The predicted octanol–water partition coefficient (Wildman–Crippen LogP) is 4.88. The number of fused-ring (bicyclic) bond motifs is 3. The summed E-state index contributed by atoms with van der Waals surface area (Å²) in [6.45, 7) is 1.90. The van der Waals surface area contributed by atoms with Crippen molar-refractivity contribution in [2.24, 2.45) is 0 Å². The Labute approximate surface area is 164 Å². The minimum absolute atomic E-state index is 0.113. The Morgan fingerprint density at radius 1 is 1.31 bits per heavy atom. The number of rotatable bonds is 4. The summed E-state index contributed by atoms with van der Waals surface area (Å²) in [5, 5.41) is 13.7. The topological polar surface area (TPSA) is 59.3 Å². The van der Waals surface area contributed by atoms with Gasteiger partial charge in [-0.05, 0) is 42.6 Å². The van der Waals surface area contributed by atoms with Gasteiger partial charge in [0, 0.05) is 4.47 Å². The molecule has 132 valence electrons. The van der Waals surface area contributed by atoms with Crippen molar-refractivity contribution < 1.29 is 9.18 Å². The van der Waals surface area contributed by atoms with Crippen molar-refractivity contribution in [1.82, 2.24) is 14.6 Å². The molecule has 0 aliphatic heterocycles. The maximum Gasteiger partial charge on any atom is 0.234 e. The molecule has 0 saturated carbocycles. The Morgan fingerprint density at radius 2 is 2.15 bits per heavy atom. The van der Waals surface area contributed by atoms with E-state index in [2.05, 4.69) is 37.5 Å². The number of anilines is 1. The molecule has 3 aromatic heterocycles. The van der Waals surface area contributed by atoms with Gasteiger partial charge in [0.05, 0.1) is 27.2 Å². The van der Waals surface area contributed by atoms with Gasteiger partial charge in [-0.25, -0.2) is 4.39 Å². The number of benzene rings is 1. The van der Waals surface area contributed by atoms with Crippen LogP contribution in [0.2, 0.25) is 0 Å². The maximum atomic E-state index is 13.8. The van der Waals surface area contributed by atoms with Crippen molar-refractivity contribution >= 4 is 66.4 Å². The lowest BCUT2D eigenvalue weighted by Gasteiger charge is -2.08. The lowest BCUT2D eigenvalue weighted by molar-refractivity contribution is -0.113. The number of nitrogens with one attached hydrogen (secondary N) is 1. The summed E-state index contributed by atoms with van der Waals surface area (Å²) in [5.74, 6) is 0.119. The third-order valence-electron chi connectivity index (χ3n) is 3.80. The molecule has 0 fully saturated rings. The van der Waals surface area contributed by atoms with E-state index in [1.165, 1.54) is 23.9 Å². The van der Waals surface area contributed by atoms with Gasteiger partial charge in [0.1, 0.15) is 16.7 Å². The van der Waals surface area contributed by atoms with Crippen LogP contribution in [0, 0.1) is 12.7 Å². The zero-order valence-corrected chi connectivity index (χ0v) is 16.7. The van der Waals surface area contributed by atoms with Crippen LogP contribution in [0.25, 0.3) is 15.7 Å². The van der Waals surface area contributed by atoms with Crippen LogP contribution in [-0.2, 0) is 4.79 Å². The van der Waals surface area contributed by atoms with Gasteiger partial charge in [-0.15, -0.1) is 21.5 Å². The minimum atomic E-state index is -0.484. The molecule has 0 aliphatic carbocycles. The Hall–Kier alpha value is -1.97. The molecule has 9 heteroatoms. The second-order valence-electron chi connectivity index (χ2n) is 5.55. The van der Waals surface area contributed by atoms with E-state index < -0.39 is 5.82 Å². The van der Waals surface area contributed by atoms with Crippen molar-refractivity contribution in [2.75, 3.05) is 11.1 Å². The highest BCUT2D eigenvalue weighted by molar-refractivity contribution is 9.10. The standard InChI is InChI=1S/C17H12BrFN4OS2/c1-9-21-22-17(14-7-15-13(23(9)14)4-5-25-15)26-8-16(24)20-12-3-2-10(18)6-11(12)19/h2-7H,8H2,1H3,(H,20,24). The van der Waals surface area contributed by atoms with Crippen LogP contribution in [0.15, 0.2) is 45.2 Å². The largest absolute Gasteiger partial charge is 0.323 e. The molecule has 1 amide bonds. The number of carbonyl (C=O) groups is 1. The van der Waals surface area contributed by atoms with Crippen LogP contribution in [-0.4, -0.2) is 26.3 Å². The zero-order valence-electron chi connectivity index (χ0n) is 13.5. The fourth-order valence-electron chi connectivity index (χ4n) is 2.66. The highest BCUT2D eigenvalue weighted by atomic mass is 79.9. The van der Waals surface area contributed by atoms with Crippen LogP contribution in [0.3, 0.4) is 0 Å². The molecule has 0 spiro atoms. The molecule has 5 nitrogen and oxygen atoms in total. The quantitative estimate of drug-likeness (QED) is 0.449. The van der Waals surface area contributed by atoms with Gasteiger partial charge in [-0.2, -0.15) is 0 Å². The van der Waals surface area contributed by atoms with Crippen LogP contribution >= 0.6 is 39.0 Å². The summed E-state index contributed by atoms with van der Waals surface area (Å²) in [6, 6.07) is 8.60. The number of hydrogen-bond donors (Lipinski definition) is 1. The van der Waals surface area contributed by atoms with E-state index in [4.69, 9.17) is 0 Å². The van der Waals surface area contributed by atoms with Crippen LogP contribution < -0.4 is 5.32 Å². The van der Waals surface area contributed by atoms with E-state index >= 15 is 0 Å². The van der Waals surface area contributed by atoms with Gasteiger partial charge in [-0.3, -0.25) is 9.20 Å². The number of nitrogens with zero attached hydrogens (tertiary/aromatic N) is 3. The van der Waals surface area contributed by atoms with Crippen LogP contribution in [0.5, 0.6) is 0 Å². The number of thiophene rings is 1. The third-order valence-corrected chi connectivity index (χ3v) is 6.11. The van der Waals surface area contributed by atoms with Crippen molar-refractivity contribution in [3.8, 4) is 0 Å².